The molecule has 0 aliphatic heterocycles. The maximum atomic E-state index is 5.87. The van der Waals surface area contributed by atoms with Crippen LogP contribution in [-0.4, -0.2) is 31.8 Å². The maximum Gasteiger partial charge on any atom is 0.0589 e. The van der Waals surface area contributed by atoms with E-state index in [1.54, 1.807) is 7.11 Å². The van der Waals surface area contributed by atoms with Crippen molar-refractivity contribution in [1.82, 2.24) is 5.32 Å². The van der Waals surface area contributed by atoms with E-state index in [0.29, 0.717) is 12.6 Å². The molecule has 0 radical (unpaired) electrons. The first-order valence-electron chi connectivity index (χ1n) is 5.64. The summed E-state index contributed by atoms with van der Waals surface area (Å²) in [7, 11) is 1.78. The van der Waals surface area contributed by atoms with Gasteiger partial charge in [-0.2, -0.15) is 0 Å². The first kappa shape index (κ1) is 12.5. The van der Waals surface area contributed by atoms with Gasteiger partial charge >= 0.3 is 0 Å². The SMILES string of the molecule is CC#CCNC1(CN)CCCC(OC)C1. The van der Waals surface area contributed by atoms with Gasteiger partial charge in [0.05, 0.1) is 12.6 Å². The Labute approximate surface area is 92.8 Å². The van der Waals surface area contributed by atoms with Crippen LogP contribution < -0.4 is 11.1 Å². The molecule has 3 heteroatoms. The highest BCUT2D eigenvalue weighted by molar-refractivity contribution is 5.02. The summed E-state index contributed by atoms with van der Waals surface area (Å²) >= 11 is 0. The molecule has 0 aromatic rings. The summed E-state index contributed by atoms with van der Waals surface area (Å²) in [5.74, 6) is 5.92. The fourth-order valence-electron chi connectivity index (χ4n) is 2.25. The molecule has 1 fully saturated rings. The van der Waals surface area contributed by atoms with E-state index in [0.717, 1.165) is 25.8 Å². The van der Waals surface area contributed by atoms with E-state index >= 15 is 0 Å². The third-order valence-corrected chi connectivity index (χ3v) is 3.25. The highest BCUT2D eigenvalue weighted by Gasteiger charge is 2.34. The van der Waals surface area contributed by atoms with Crippen molar-refractivity contribution in [2.75, 3.05) is 20.2 Å². The quantitative estimate of drug-likeness (QED) is 0.677. The van der Waals surface area contributed by atoms with Crippen molar-refractivity contribution in [2.45, 2.75) is 44.2 Å². The molecule has 1 rings (SSSR count). The van der Waals surface area contributed by atoms with Gasteiger partial charge in [0, 0.05) is 19.2 Å². The average Bonchev–Trinajstić information content (AvgIpc) is 2.30. The second kappa shape index (κ2) is 6.12. The molecule has 1 aliphatic rings. The minimum Gasteiger partial charge on any atom is -0.381 e. The highest BCUT2D eigenvalue weighted by Crippen LogP contribution is 2.28. The van der Waals surface area contributed by atoms with Crippen molar-refractivity contribution in [1.29, 1.82) is 0 Å². The van der Waals surface area contributed by atoms with Gasteiger partial charge in [0.2, 0.25) is 0 Å². The highest BCUT2D eigenvalue weighted by atomic mass is 16.5. The third-order valence-electron chi connectivity index (χ3n) is 3.25. The lowest BCUT2D eigenvalue weighted by molar-refractivity contribution is 0.0341. The zero-order valence-electron chi connectivity index (χ0n) is 9.81. The number of nitrogens with two attached hydrogens (primary N) is 1. The minimum absolute atomic E-state index is 0.0444. The number of methoxy groups -OCH3 is 1. The first-order valence-corrected chi connectivity index (χ1v) is 5.64. The Hall–Kier alpha value is -0.560. The topological polar surface area (TPSA) is 47.3 Å². The zero-order valence-corrected chi connectivity index (χ0v) is 9.81. The largest absolute Gasteiger partial charge is 0.381 e. The van der Waals surface area contributed by atoms with Gasteiger partial charge in [0.1, 0.15) is 0 Å². The Morgan fingerprint density at radius 2 is 2.40 bits per heavy atom. The van der Waals surface area contributed by atoms with Crippen molar-refractivity contribution < 1.29 is 4.74 Å². The lowest BCUT2D eigenvalue weighted by atomic mass is 9.80. The molecule has 3 nitrogen and oxygen atoms in total. The van der Waals surface area contributed by atoms with Crippen LogP contribution in [0.3, 0.4) is 0 Å². The van der Waals surface area contributed by atoms with Crippen LogP contribution in [0.2, 0.25) is 0 Å². The molecule has 0 bridgehead atoms. The average molecular weight is 210 g/mol. The summed E-state index contributed by atoms with van der Waals surface area (Å²) in [5, 5.41) is 3.47. The summed E-state index contributed by atoms with van der Waals surface area (Å²) in [4.78, 5) is 0. The minimum atomic E-state index is 0.0444. The Morgan fingerprint density at radius 3 is 3.00 bits per heavy atom. The number of nitrogens with one attached hydrogen (secondary N) is 1. The Kier molecular flexibility index (Phi) is 5.10. The molecule has 3 N–H and O–H groups in total. The van der Waals surface area contributed by atoms with Gasteiger partial charge in [0.15, 0.2) is 0 Å². The molecule has 86 valence electrons. The van der Waals surface area contributed by atoms with Crippen molar-refractivity contribution >= 4 is 0 Å². The predicted octanol–water partition coefficient (Wildman–Crippen LogP) is 0.886. The van der Waals surface area contributed by atoms with Gasteiger partial charge in [-0.3, -0.25) is 5.32 Å². The predicted molar refractivity (Wildman–Crippen MR) is 62.5 cm³/mol. The van der Waals surface area contributed by atoms with Crippen LogP contribution in [0.4, 0.5) is 0 Å². The fraction of sp³-hybridized carbons (Fsp3) is 0.833. The van der Waals surface area contributed by atoms with Gasteiger partial charge in [-0.15, -0.1) is 5.92 Å². The molecule has 0 spiro atoms. The normalized spacial score (nSPS) is 30.7. The van der Waals surface area contributed by atoms with Gasteiger partial charge < -0.3 is 10.5 Å². The molecular weight excluding hydrogens is 188 g/mol. The number of ether oxygens (including phenoxy) is 1. The van der Waals surface area contributed by atoms with E-state index in [2.05, 4.69) is 17.2 Å². The van der Waals surface area contributed by atoms with E-state index in [9.17, 15) is 0 Å². The summed E-state index contributed by atoms with van der Waals surface area (Å²) in [6, 6.07) is 0. The molecular formula is C12H22N2O. The third kappa shape index (κ3) is 3.49. The molecule has 15 heavy (non-hydrogen) atoms. The van der Waals surface area contributed by atoms with Crippen molar-refractivity contribution in [2.24, 2.45) is 5.73 Å². The van der Waals surface area contributed by atoms with Crippen LogP contribution in [0.1, 0.15) is 32.6 Å². The Balaban J connectivity index is 2.52. The standard InChI is InChI=1S/C12H22N2O/c1-3-4-8-14-12(10-13)7-5-6-11(9-12)15-2/h11,14H,5-10,13H2,1-2H3. The van der Waals surface area contributed by atoms with Gasteiger partial charge in [0.25, 0.3) is 0 Å². The molecule has 0 saturated heterocycles. The first-order chi connectivity index (χ1) is 7.26. The van der Waals surface area contributed by atoms with E-state index in [-0.39, 0.29) is 5.54 Å². The van der Waals surface area contributed by atoms with E-state index < -0.39 is 0 Å². The molecule has 0 amide bonds. The van der Waals surface area contributed by atoms with Crippen LogP contribution >= 0.6 is 0 Å². The maximum absolute atomic E-state index is 5.87. The van der Waals surface area contributed by atoms with Crippen LogP contribution in [-0.2, 0) is 4.74 Å². The van der Waals surface area contributed by atoms with Gasteiger partial charge in [-0.1, -0.05) is 5.92 Å². The summed E-state index contributed by atoms with van der Waals surface area (Å²) in [6.07, 6.45) is 4.83. The second-order valence-electron chi connectivity index (χ2n) is 4.22. The number of hydrogen-bond acceptors (Lipinski definition) is 3. The van der Waals surface area contributed by atoms with Gasteiger partial charge in [-0.25, -0.2) is 0 Å². The van der Waals surface area contributed by atoms with Crippen LogP contribution in [0.25, 0.3) is 0 Å². The summed E-state index contributed by atoms with van der Waals surface area (Å²) in [5.41, 5.74) is 5.92. The molecule has 0 aromatic carbocycles. The molecule has 0 heterocycles. The van der Waals surface area contributed by atoms with E-state index in [4.69, 9.17) is 10.5 Å². The summed E-state index contributed by atoms with van der Waals surface area (Å²) in [6.45, 7) is 3.25. The molecule has 1 saturated carbocycles. The van der Waals surface area contributed by atoms with Crippen LogP contribution in [0.5, 0.6) is 0 Å². The summed E-state index contributed by atoms with van der Waals surface area (Å²) < 4.78 is 5.42. The van der Waals surface area contributed by atoms with Crippen molar-refractivity contribution in [3.8, 4) is 11.8 Å². The fourth-order valence-corrected chi connectivity index (χ4v) is 2.25. The monoisotopic (exact) mass is 210 g/mol. The zero-order chi connectivity index (χ0) is 11.1. The van der Waals surface area contributed by atoms with Crippen LogP contribution in [0, 0.1) is 11.8 Å². The van der Waals surface area contributed by atoms with Crippen molar-refractivity contribution in [3.05, 3.63) is 0 Å². The smallest absolute Gasteiger partial charge is 0.0589 e. The second-order valence-corrected chi connectivity index (χ2v) is 4.22. The lowest BCUT2D eigenvalue weighted by Crippen LogP contribution is -2.55. The van der Waals surface area contributed by atoms with Crippen LogP contribution in [0.15, 0.2) is 0 Å². The lowest BCUT2D eigenvalue weighted by Gasteiger charge is -2.40. The van der Waals surface area contributed by atoms with E-state index in [1.165, 1.54) is 6.42 Å². The molecule has 1 aliphatic carbocycles. The Morgan fingerprint density at radius 1 is 1.60 bits per heavy atom. The van der Waals surface area contributed by atoms with Gasteiger partial charge in [-0.05, 0) is 32.6 Å². The Bertz CT molecular complexity index is 244. The molecule has 2 atom stereocenters. The number of rotatable bonds is 4. The number of hydrogen-bond donors (Lipinski definition) is 2. The molecule has 2 unspecified atom stereocenters. The molecule has 0 aromatic heterocycles. The van der Waals surface area contributed by atoms with E-state index in [1.807, 2.05) is 6.92 Å². The van der Waals surface area contributed by atoms with Crippen molar-refractivity contribution in [3.63, 3.8) is 0 Å².